The van der Waals surface area contributed by atoms with Gasteiger partial charge in [-0.15, -0.1) is 0 Å². The van der Waals surface area contributed by atoms with Crippen molar-refractivity contribution in [3.8, 4) is 0 Å². The van der Waals surface area contributed by atoms with Gasteiger partial charge >= 0.3 is 29.6 Å². The van der Waals surface area contributed by atoms with E-state index in [1.54, 1.807) is 0 Å². The van der Waals surface area contributed by atoms with Crippen LogP contribution in [0.1, 0.15) is 27.7 Å². The summed E-state index contributed by atoms with van der Waals surface area (Å²) in [6.07, 6.45) is 0. The van der Waals surface area contributed by atoms with E-state index in [4.69, 9.17) is 11.8 Å². The third kappa shape index (κ3) is 3.73. The Bertz CT molecular complexity index is 492. The van der Waals surface area contributed by atoms with Crippen molar-refractivity contribution < 1.29 is 52.1 Å². The second-order valence-electron chi connectivity index (χ2n) is 5.42. The minimum Gasteiger partial charge on any atom is -0.748 e. The molecule has 10 heteroatoms. The van der Waals surface area contributed by atoms with Crippen molar-refractivity contribution in [1.82, 2.24) is 9.32 Å². The molecule has 0 aromatic rings. The fourth-order valence-corrected chi connectivity index (χ4v) is 2.58. The molecule has 1 aliphatic heterocycles. The molecule has 1 aliphatic rings. The van der Waals surface area contributed by atoms with Gasteiger partial charge in [-0.3, -0.25) is 14.5 Å². The Labute approximate surface area is 145 Å². The zero-order valence-corrected chi connectivity index (χ0v) is 15.7. The number of amides is 2. The fourth-order valence-electron chi connectivity index (χ4n) is 2.03. The number of piperazine rings is 1. The van der Waals surface area contributed by atoms with E-state index >= 15 is 0 Å². The first-order chi connectivity index (χ1) is 8.32. The Balaban J connectivity index is 0.00000361. The summed E-state index contributed by atoms with van der Waals surface area (Å²) in [6, 6.07) is 0. The molecule has 0 N–H and O–H groups in total. The van der Waals surface area contributed by atoms with Gasteiger partial charge in [-0.25, -0.2) is 8.42 Å². The molecule has 7 nitrogen and oxygen atoms in total. The zero-order valence-electron chi connectivity index (χ0n) is 12.1. The van der Waals surface area contributed by atoms with Crippen molar-refractivity contribution in [2.45, 2.75) is 38.8 Å². The third-order valence-corrected chi connectivity index (χ3v) is 4.61. The smallest absolute Gasteiger partial charge is 0.748 e. The summed E-state index contributed by atoms with van der Waals surface area (Å²) in [5.74, 6) is -2.07. The minimum atomic E-state index is -4.50. The number of imide groups is 1. The van der Waals surface area contributed by atoms with E-state index in [9.17, 15) is 22.6 Å². The van der Waals surface area contributed by atoms with E-state index in [-0.39, 0.29) is 29.6 Å². The van der Waals surface area contributed by atoms with Crippen molar-refractivity contribution in [3.05, 3.63) is 0 Å². The van der Waals surface area contributed by atoms with Crippen molar-refractivity contribution in [1.29, 1.82) is 0 Å². The molecule has 20 heavy (non-hydrogen) atoms. The Morgan fingerprint density at radius 3 is 1.75 bits per heavy atom. The predicted octanol–water partition coefficient (Wildman–Crippen LogP) is -3.08. The van der Waals surface area contributed by atoms with Crippen LogP contribution in [0.25, 0.3) is 0 Å². The molecule has 110 valence electrons. The van der Waals surface area contributed by atoms with Gasteiger partial charge in [0.15, 0.2) is 0 Å². The molecule has 0 radical (unpaired) electrons. The van der Waals surface area contributed by atoms with Crippen LogP contribution in [0.4, 0.5) is 0 Å². The number of rotatable bonds is 3. The molecule has 1 heterocycles. The molecule has 1 saturated heterocycles. The molecule has 0 bridgehead atoms. The van der Waals surface area contributed by atoms with Crippen LogP contribution < -0.4 is 29.6 Å². The molecule has 0 atom stereocenters. The van der Waals surface area contributed by atoms with Crippen LogP contribution in [-0.2, 0) is 19.7 Å². The number of nitrogens with zero attached hydrogens (tertiary/aromatic N) is 2. The molecule has 1 rings (SSSR count). The average Bonchev–Trinajstić information content (AvgIpc) is 2.24. The molecule has 0 unspecified atom stereocenters. The molecule has 0 aliphatic carbocycles. The quantitative estimate of drug-likeness (QED) is 0.235. The van der Waals surface area contributed by atoms with Crippen LogP contribution in [0.5, 0.6) is 0 Å². The fraction of sp³-hybridized carbons (Fsp3) is 0.800. The van der Waals surface area contributed by atoms with Crippen LogP contribution in [0.3, 0.4) is 0 Å². The van der Waals surface area contributed by atoms with Crippen molar-refractivity contribution >= 4 is 33.7 Å². The van der Waals surface area contributed by atoms with E-state index < -0.39 is 45.3 Å². The van der Waals surface area contributed by atoms with Gasteiger partial charge in [0.1, 0.15) is 11.1 Å². The van der Waals surface area contributed by atoms with Gasteiger partial charge in [-0.1, -0.05) is 0 Å². The maximum Gasteiger partial charge on any atom is 1.00 e. The van der Waals surface area contributed by atoms with Gasteiger partial charge in [-0.2, -0.15) is 4.42 Å². The van der Waals surface area contributed by atoms with Crippen molar-refractivity contribution in [3.63, 3.8) is 0 Å². The van der Waals surface area contributed by atoms with E-state index in [0.29, 0.717) is 0 Å². The monoisotopic (exact) mass is 334 g/mol. The van der Waals surface area contributed by atoms with Gasteiger partial charge in [0.2, 0.25) is 0 Å². The Hall–Kier alpha value is 0.300. The van der Waals surface area contributed by atoms with Gasteiger partial charge in [0.25, 0.3) is 11.8 Å². The minimum absolute atomic E-state index is 0. The first-order valence-electron chi connectivity index (χ1n) is 5.58. The van der Waals surface area contributed by atoms with Crippen LogP contribution in [0.15, 0.2) is 0 Å². The summed E-state index contributed by atoms with van der Waals surface area (Å²) in [7, 11) is -4.50. The SMILES string of the molecule is CC1(C)C(=O)N(CCS(=O)(=O)[O-])C(=O)C(C)(C)N1Cl.[Na+]. The van der Waals surface area contributed by atoms with E-state index in [0.717, 1.165) is 9.32 Å². The predicted molar refractivity (Wildman–Crippen MR) is 67.1 cm³/mol. The second-order valence-corrected chi connectivity index (χ2v) is 7.28. The van der Waals surface area contributed by atoms with Crippen molar-refractivity contribution in [2.24, 2.45) is 0 Å². The van der Waals surface area contributed by atoms with Gasteiger partial charge in [0.05, 0.1) is 15.9 Å². The zero-order chi connectivity index (χ0) is 15.2. The molecule has 0 aromatic heterocycles. The Morgan fingerprint density at radius 1 is 1.10 bits per heavy atom. The molecule has 0 saturated carbocycles. The molecule has 0 aromatic carbocycles. The number of hydrogen-bond acceptors (Lipinski definition) is 6. The molecular formula is C10H16ClN2NaO5S. The van der Waals surface area contributed by atoms with E-state index in [1.165, 1.54) is 27.7 Å². The van der Waals surface area contributed by atoms with Crippen LogP contribution >= 0.6 is 11.8 Å². The summed E-state index contributed by atoms with van der Waals surface area (Å²) >= 11 is 6.03. The molecule has 1 fully saturated rings. The van der Waals surface area contributed by atoms with Crippen LogP contribution in [-0.4, -0.2) is 57.5 Å². The number of hydrogen-bond donors (Lipinski definition) is 0. The topological polar surface area (TPSA) is 97.8 Å². The second kappa shape index (κ2) is 6.20. The Kier molecular flexibility index (Phi) is 6.29. The third-order valence-electron chi connectivity index (χ3n) is 3.08. The number of halogens is 1. The average molecular weight is 335 g/mol. The summed E-state index contributed by atoms with van der Waals surface area (Å²) in [5.41, 5.74) is -2.35. The number of carbonyl (C=O) groups excluding carboxylic acids is 2. The molecular weight excluding hydrogens is 319 g/mol. The normalized spacial score (nSPS) is 22.6. The van der Waals surface area contributed by atoms with Crippen LogP contribution in [0.2, 0.25) is 0 Å². The largest absolute Gasteiger partial charge is 1.00 e. The van der Waals surface area contributed by atoms with Gasteiger partial charge < -0.3 is 4.55 Å². The first-order valence-corrected chi connectivity index (χ1v) is 7.49. The summed E-state index contributed by atoms with van der Waals surface area (Å²) in [6.45, 7) is 5.63. The molecule has 2 amide bonds. The maximum absolute atomic E-state index is 12.2. The summed E-state index contributed by atoms with van der Waals surface area (Å²) in [5, 5.41) is 0. The summed E-state index contributed by atoms with van der Waals surface area (Å²) in [4.78, 5) is 25.1. The van der Waals surface area contributed by atoms with E-state index in [2.05, 4.69) is 0 Å². The van der Waals surface area contributed by atoms with Crippen molar-refractivity contribution in [2.75, 3.05) is 12.3 Å². The standard InChI is InChI=1S/C10H17ClN2O5S.Na/c1-9(2)7(14)12(5-6-19(16,17)18)8(15)10(3,4)13(9)11;/h5-6H2,1-4H3,(H,16,17,18);/q;+1/p-1. The first kappa shape index (κ1) is 20.3. The van der Waals surface area contributed by atoms with Gasteiger partial charge in [-0.05, 0) is 39.5 Å². The summed E-state index contributed by atoms with van der Waals surface area (Å²) < 4.78 is 33.0. The number of carbonyl (C=O) groups is 2. The van der Waals surface area contributed by atoms with Gasteiger partial charge in [0, 0.05) is 6.54 Å². The molecule has 0 spiro atoms. The van der Waals surface area contributed by atoms with E-state index in [1.807, 2.05) is 0 Å². The Morgan fingerprint density at radius 2 is 1.45 bits per heavy atom. The maximum atomic E-state index is 12.2. The van der Waals surface area contributed by atoms with Crippen LogP contribution in [0, 0.1) is 0 Å².